The predicted octanol–water partition coefficient (Wildman–Crippen LogP) is 0.783. The van der Waals surface area contributed by atoms with E-state index in [1.54, 1.807) is 0 Å². The van der Waals surface area contributed by atoms with Crippen molar-refractivity contribution in [1.82, 2.24) is 0 Å². The molecule has 0 aromatic heterocycles. The Labute approximate surface area is 92.3 Å². The van der Waals surface area contributed by atoms with Crippen LogP contribution in [0.1, 0.15) is 12.8 Å². The van der Waals surface area contributed by atoms with Crippen molar-refractivity contribution in [2.45, 2.75) is 22.5 Å². The van der Waals surface area contributed by atoms with Crippen molar-refractivity contribution >= 4 is 15.8 Å². The van der Waals surface area contributed by atoms with Gasteiger partial charge in [0.05, 0.1) is 4.90 Å². The molecule has 0 unspecified atom stereocenters. The summed E-state index contributed by atoms with van der Waals surface area (Å²) in [7, 11) is -3.91. The molecule has 6 heteroatoms. The molecule has 0 amide bonds. The Balaban J connectivity index is 2.52. The van der Waals surface area contributed by atoms with Gasteiger partial charge in [-0.25, -0.2) is 8.42 Å². The molecule has 0 radical (unpaired) electrons. The number of phenolic OH excluding ortho intramolecular Hbond substituents is 1. The molecule has 16 heavy (non-hydrogen) atoms. The average Bonchev–Trinajstić information content (AvgIpc) is 2.98. The van der Waals surface area contributed by atoms with Gasteiger partial charge in [-0.1, -0.05) is 6.07 Å². The predicted molar refractivity (Wildman–Crippen MR) is 54.9 cm³/mol. The zero-order valence-corrected chi connectivity index (χ0v) is 9.07. The van der Waals surface area contributed by atoms with Crippen LogP contribution in [0.5, 0.6) is 5.75 Å². The molecular weight excluding hydrogens is 232 g/mol. The van der Waals surface area contributed by atoms with Crippen LogP contribution in [0.15, 0.2) is 29.2 Å². The third-order valence-electron chi connectivity index (χ3n) is 2.74. The molecule has 1 aromatic carbocycles. The normalized spacial score (nSPS) is 18.0. The van der Waals surface area contributed by atoms with Crippen LogP contribution >= 0.6 is 0 Å². The second kappa shape index (κ2) is 3.21. The molecule has 1 aromatic rings. The smallest absolute Gasteiger partial charge is 0.325 e. The number of hydrogen-bond acceptors (Lipinski definition) is 4. The maximum Gasteiger partial charge on any atom is 0.325 e. The SMILES string of the molecule is O=C(O)C1(S(=O)(=O)c2cccc(O)c2)CC1. The molecule has 1 saturated carbocycles. The molecule has 2 rings (SSSR count). The lowest BCUT2D eigenvalue weighted by atomic mass is 10.3. The number of rotatable bonds is 3. The summed E-state index contributed by atoms with van der Waals surface area (Å²) in [6.07, 6.45) is 0.251. The first kappa shape index (κ1) is 10.9. The van der Waals surface area contributed by atoms with Crippen molar-refractivity contribution in [3.05, 3.63) is 24.3 Å². The molecular formula is C10H10O5S. The molecule has 0 saturated heterocycles. The Kier molecular flexibility index (Phi) is 2.20. The van der Waals surface area contributed by atoms with Gasteiger partial charge in [0.2, 0.25) is 0 Å². The minimum Gasteiger partial charge on any atom is -0.508 e. The first-order valence-electron chi connectivity index (χ1n) is 4.67. The van der Waals surface area contributed by atoms with Gasteiger partial charge in [-0.05, 0) is 31.0 Å². The van der Waals surface area contributed by atoms with Crippen LogP contribution in [0.4, 0.5) is 0 Å². The summed E-state index contributed by atoms with van der Waals surface area (Å²) in [5, 5.41) is 18.1. The second-order valence-electron chi connectivity index (χ2n) is 3.80. The first-order valence-corrected chi connectivity index (χ1v) is 6.15. The van der Waals surface area contributed by atoms with Gasteiger partial charge in [0.15, 0.2) is 14.6 Å². The Hall–Kier alpha value is -1.56. The Morgan fingerprint density at radius 3 is 2.38 bits per heavy atom. The molecule has 5 nitrogen and oxygen atoms in total. The summed E-state index contributed by atoms with van der Waals surface area (Å²) in [4.78, 5) is 10.8. The van der Waals surface area contributed by atoms with Gasteiger partial charge in [0.25, 0.3) is 0 Å². The minimum atomic E-state index is -3.91. The van der Waals surface area contributed by atoms with Gasteiger partial charge in [0, 0.05) is 0 Å². The quantitative estimate of drug-likeness (QED) is 0.817. The van der Waals surface area contributed by atoms with E-state index in [4.69, 9.17) is 5.11 Å². The fourth-order valence-electron chi connectivity index (χ4n) is 1.59. The van der Waals surface area contributed by atoms with E-state index in [0.29, 0.717) is 0 Å². The van der Waals surface area contributed by atoms with E-state index in [-0.39, 0.29) is 23.5 Å². The van der Waals surface area contributed by atoms with E-state index in [1.165, 1.54) is 18.2 Å². The molecule has 2 N–H and O–H groups in total. The van der Waals surface area contributed by atoms with Crippen molar-refractivity contribution in [1.29, 1.82) is 0 Å². The monoisotopic (exact) mass is 242 g/mol. The van der Waals surface area contributed by atoms with E-state index < -0.39 is 20.6 Å². The zero-order chi connectivity index (χ0) is 12.0. The summed E-state index contributed by atoms with van der Waals surface area (Å²) >= 11 is 0. The highest BCUT2D eigenvalue weighted by Gasteiger charge is 2.61. The lowest BCUT2D eigenvalue weighted by Crippen LogP contribution is -2.32. The maximum atomic E-state index is 12.0. The Morgan fingerprint density at radius 2 is 1.94 bits per heavy atom. The second-order valence-corrected chi connectivity index (χ2v) is 6.06. The highest BCUT2D eigenvalue weighted by Crippen LogP contribution is 2.47. The van der Waals surface area contributed by atoms with Crippen LogP contribution in [0.3, 0.4) is 0 Å². The number of phenols is 1. The van der Waals surface area contributed by atoms with Gasteiger partial charge < -0.3 is 10.2 Å². The van der Waals surface area contributed by atoms with E-state index in [0.717, 1.165) is 6.07 Å². The summed E-state index contributed by atoms with van der Waals surface area (Å²) in [6.45, 7) is 0. The van der Waals surface area contributed by atoms with Crippen molar-refractivity contribution in [3.63, 3.8) is 0 Å². The van der Waals surface area contributed by atoms with E-state index >= 15 is 0 Å². The maximum absolute atomic E-state index is 12.0. The van der Waals surface area contributed by atoms with Gasteiger partial charge in [-0.15, -0.1) is 0 Å². The topological polar surface area (TPSA) is 91.7 Å². The van der Waals surface area contributed by atoms with E-state index in [9.17, 15) is 18.3 Å². The number of hydrogen-bond donors (Lipinski definition) is 2. The summed E-state index contributed by atoms with van der Waals surface area (Å²) < 4.78 is 22.4. The number of carboxylic acids is 1. The molecule has 0 atom stereocenters. The molecule has 86 valence electrons. The lowest BCUT2D eigenvalue weighted by Gasteiger charge is -2.11. The zero-order valence-electron chi connectivity index (χ0n) is 8.25. The largest absolute Gasteiger partial charge is 0.508 e. The molecule has 1 fully saturated rings. The van der Waals surface area contributed by atoms with Crippen LogP contribution in [-0.4, -0.2) is 29.3 Å². The van der Waals surface area contributed by atoms with Crippen LogP contribution < -0.4 is 0 Å². The van der Waals surface area contributed by atoms with Gasteiger partial charge in [-0.2, -0.15) is 0 Å². The number of sulfone groups is 1. The number of carboxylic acid groups (broad SMARTS) is 1. The third kappa shape index (κ3) is 1.37. The van der Waals surface area contributed by atoms with Gasteiger partial charge in [-0.3, -0.25) is 4.79 Å². The highest BCUT2D eigenvalue weighted by molar-refractivity contribution is 7.94. The van der Waals surface area contributed by atoms with Crippen molar-refractivity contribution in [2.24, 2.45) is 0 Å². The van der Waals surface area contributed by atoms with Crippen LogP contribution in [0.25, 0.3) is 0 Å². The number of carbonyl (C=O) groups is 1. The van der Waals surface area contributed by atoms with E-state index in [2.05, 4.69) is 0 Å². The molecule has 0 spiro atoms. The lowest BCUT2D eigenvalue weighted by molar-refractivity contribution is -0.137. The Bertz CT molecular complexity index is 542. The van der Waals surface area contributed by atoms with Crippen molar-refractivity contribution in [2.75, 3.05) is 0 Å². The molecule has 1 aliphatic rings. The third-order valence-corrected chi connectivity index (χ3v) is 5.22. The number of benzene rings is 1. The Morgan fingerprint density at radius 1 is 1.31 bits per heavy atom. The van der Waals surface area contributed by atoms with Gasteiger partial charge >= 0.3 is 5.97 Å². The van der Waals surface area contributed by atoms with Crippen molar-refractivity contribution < 1.29 is 23.4 Å². The summed E-state index contributed by atoms with van der Waals surface area (Å²) in [5.41, 5.74) is 0. The molecule has 1 aliphatic carbocycles. The van der Waals surface area contributed by atoms with E-state index in [1.807, 2.05) is 0 Å². The standard InChI is InChI=1S/C10H10O5S/c11-7-2-1-3-8(6-7)16(14,15)10(4-5-10)9(12)13/h1-3,6,11H,4-5H2,(H,12,13). The first-order chi connectivity index (χ1) is 7.40. The van der Waals surface area contributed by atoms with Gasteiger partial charge in [0.1, 0.15) is 5.75 Å². The summed E-state index contributed by atoms with van der Waals surface area (Å²) in [5.74, 6) is -1.52. The highest BCUT2D eigenvalue weighted by atomic mass is 32.2. The molecule has 0 heterocycles. The fourth-order valence-corrected chi connectivity index (χ4v) is 3.44. The molecule has 0 aliphatic heterocycles. The molecule has 0 bridgehead atoms. The van der Waals surface area contributed by atoms with Crippen molar-refractivity contribution in [3.8, 4) is 5.75 Å². The number of aromatic hydroxyl groups is 1. The minimum absolute atomic E-state index is 0.125. The van der Waals surface area contributed by atoms with Crippen LogP contribution in [0, 0.1) is 0 Å². The number of aliphatic carboxylic acids is 1. The summed E-state index contributed by atoms with van der Waals surface area (Å²) in [6, 6.07) is 5.07. The van der Waals surface area contributed by atoms with Crippen LogP contribution in [0.2, 0.25) is 0 Å². The van der Waals surface area contributed by atoms with Crippen LogP contribution in [-0.2, 0) is 14.6 Å². The average molecular weight is 242 g/mol. The fraction of sp³-hybridized carbons (Fsp3) is 0.300.